The molecule has 0 bridgehead atoms. The maximum atomic E-state index is 5.80. The largest absolute Gasteiger partial charge is 0.497 e. The minimum absolute atomic E-state index is 0.0780. The number of ether oxygens (including phenoxy) is 1. The summed E-state index contributed by atoms with van der Waals surface area (Å²) in [4.78, 5) is 0. The average Bonchev–Trinajstić information content (AvgIpc) is 2.39. The lowest BCUT2D eigenvalue weighted by molar-refractivity contribution is 0.360. The molecular formula is C16H28N2O. The second-order valence-electron chi connectivity index (χ2n) is 6.08. The van der Waals surface area contributed by atoms with Crippen LogP contribution >= 0.6 is 0 Å². The van der Waals surface area contributed by atoms with Gasteiger partial charge in [-0.25, -0.2) is 0 Å². The normalized spacial score (nSPS) is 13.6. The Labute approximate surface area is 117 Å². The highest BCUT2D eigenvalue weighted by molar-refractivity contribution is 5.31. The first-order valence-electron chi connectivity index (χ1n) is 6.98. The molecule has 1 atom stereocenters. The van der Waals surface area contributed by atoms with Gasteiger partial charge in [-0.3, -0.25) is 0 Å². The summed E-state index contributed by atoms with van der Waals surface area (Å²) >= 11 is 0. The highest BCUT2D eigenvalue weighted by atomic mass is 16.5. The van der Waals surface area contributed by atoms with Gasteiger partial charge in [-0.1, -0.05) is 39.8 Å². The van der Waals surface area contributed by atoms with E-state index in [1.807, 2.05) is 12.1 Å². The molecule has 3 nitrogen and oxygen atoms in total. The monoisotopic (exact) mass is 264 g/mol. The van der Waals surface area contributed by atoms with Crippen LogP contribution in [0.25, 0.3) is 0 Å². The van der Waals surface area contributed by atoms with Gasteiger partial charge >= 0.3 is 0 Å². The lowest BCUT2D eigenvalue weighted by Gasteiger charge is -2.30. The molecule has 0 amide bonds. The Morgan fingerprint density at radius 1 is 1.21 bits per heavy atom. The summed E-state index contributed by atoms with van der Waals surface area (Å²) in [6, 6.07) is 8.66. The van der Waals surface area contributed by atoms with Crippen LogP contribution in [0.3, 0.4) is 0 Å². The molecule has 0 radical (unpaired) electrons. The van der Waals surface area contributed by atoms with Crippen LogP contribution in [-0.2, 0) is 5.41 Å². The van der Waals surface area contributed by atoms with Crippen LogP contribution in [0.2, 0.25) is 0 Å². The van der Waals surface area contributed by atoms with Crippen LogP contribution in [0.4, 0.5) is 0 Å². The predicted octanol–water partition coefficient (Wildman–Crippen LogP) is 2.55. The first-order chi connectivity index (χ1) is 8.90. The fourth-order valence-electron chi connectivity index (χ4n) is 2.12. The summed E-state index contributed by atoms with van der Waals surface area (Å²) in [5.74, 6) is 1.45. The summed E-state index contributed by atoms with van der Waals surface area (Å²) < 4.78 is 5.20. The summed E-state index contributed by atoms with van der Waals surface area (Å²) in [7, 11) is 1.69. The van der Waals surface area contributed by atoms with E-state index in [4.69, 9.17) is 10.5 Å². The molecule has 0 aliphatic rings. The fourth-order valence-corrected chi connectivity index (χ4v) is 2.12. The molecule has 0 aromatic heterocycles. The SMILES string of the molecule is COc1ccc(C(C)(C)CNC(CN)C(C)C)cc1. The van der Waals surface area contributed by atoms with Crippen LogP contribution in [0, 0.1) is 5.92 Å². The van der Waals surface area contributed by atoms with Crippen LogP contribution in [0.1, 0.15) is 33.3 Å². The van der Waals surface area contributed by atoms with E-state index in [9.17, 15) is 0 Å². The van der Waals surface area contributed by atoms with Gasteiger partial charge in [-0.2, -0.15) is 0 Å². The van der Waals surface area contributed by atoms with Crippen molar-refractivity contribution in [3.8, 4) is 5.75 Å². The number of hydrogen-bond donors (Lipinski definition) is 2. The second kappa shape index (κ2) is 6.92. The van der Waals surface area contributed by atoms with Crippen molar-refractivity contribution in [2.24, 2.45) is 11.7 Å². The van der Waals surface area contributed by atoms with Gasteiger partial charge in [0.1, 0.15) is 5.75 Å². The third-order valence-corrected chi connectivity index (χ3v) is 3.74. The molecule has 1 aromatic rings. The van der Waals surface area contributed by atoms with Crippen molar-refractivity contribution in [2.45, 2.75) is 39.2 Å². The summed E-state index contributed by atoms with van der Waals surface area (Å²) in [5, 5.41) is 3.58. The Morgan fingerprint density at radius 3 is 2.21 bits per heavy atom. The molecule has 0 aliphatic heterocycles. The molecule has 0 saturated heterocycles. The molecular weight excluding hydrogens is 236 g/mol. The Bertz CT molecular complexity index is 371. The zero-order valence-corrected chi connectivity index (χ0v) is 12.9. The molecule has 0 fully saturated rings. The maximum Gasteiger partial charge on any atom is 0.118 e. The van der Waals surface area contributed by atoms with Gasteiger partial charge in [-0.15, -0.1) is 0 Å². The minimum Gasteiger partial charge on any atom is -0.497 e. The van der Waals surface area contributed by atoms with E-state index in [0.717, 1.165) is 12.3 Å². The van der Waals surface area contributed by atoms with E-state index in [2.05, 4.69) is 45.1 Å². The van der Waals surface area contributed by atoms with Gasteiger partial charge < -0.3 is 15.8 Å². The Morgan fingerprint density at radius 2 is 1.79 bits per heavy atom. The van der Waals surface area contributed by atoms with Crippen LogP contribution < -0.4 is 15.8 Å². The second-order valence-corrected chi connectivity index (χ2v) is 6.08. The quantitative estimate of drug-likeness (QED) is 0.795. The Hall–Kier alpha value is -1.06. The fraction of sp³-hybridized carbons (Fsp3) is 0.625. The third kappa shape index (κ3) is 4.51. The highest BCUT2D eigenvalue weighted by Crippen LogP contribution is 2.24. The van der Waals surface area contributed by atoms with Crippen molar-refractivity contribution in [1.29, 1.82) is 0 Å². The molecule has 0 saturated carbocycles. The number of benzene rings is 1. The Balaban J connectivity index is 2.68. The van der Waals surface area contributed by atoms with Gasteiger partial charge in [0, 0.05) is 24.5 Å². The van der Waals surface area contributed by atoms with E-state index in [-0.39, 0.29) is 5.41 Å². The standard InChI is InChI=1S/C16H28N2O/c1-12(2)15(10-17)18-11-16(3,4)13-6-8-14(19-5)9-7-13/h6-9,12,15,18H,10-11,17H2,1-5H3. The van der Waals surface area contributed by atoms with Crippen LogP contribution in [0.5, 0.6) is 5.75 Å². The van der Waals surface area contributed by atoms with Gasteiger partial charge in [0.2, 0.25) is 0 Å². The molecule has 1 rings (SSSR count). The van der Waals surface area contributed by atoms with Crippen molar-refractivity contribution in [1.82, 2.24) is 5.32 Å². The molecule has 0 heterocycles. The van der Waals surface area contributed by atoms with Gasteiger partial charge in [-0.05, 0) is 23.6 Å². The van der Waals surface area contributed by atoms with E-state index < -0.39 is 0 Å². The third-order valence-electron chi connectivity index (χ3n) is 3.74. The van der Waals surface area contributed by atoms with Crippen LogP contribution in [0.15, 0.2) is 24.3 Å². The number of rotatable bonds is 7. The molecule has 0 aliphatic carbocycles. The molecule has 1 aromatic carbocycles. The van der Waals surface area contributed by atoms with Gasteiger partial charge in [0.15, 0.2) is 0 Å². The lowest BCUT2D eigenvalue weighted by atomic mass is 9.84. The number of nitrogens with one attached hydrogen (secondary N) is 1. The van der Waals surface area contributed by atoms with Gasteiger partial charge in [0.05, 0.1) is 7.11 Å². The average molecular weight is 264 g/mol. The van der Waals surface area contributed by atoms with Gasteiger partial charge in [0.25, 0.3) is 0 Å². The van der Waals surface area contributed by atoms with Crippen molar-refractivity contribution in [3.63, 3.8) is 0 Å². The molecule has 1 unspecified atom stereocenters. The highest BCUT2D eigenvalue weighted by Gasteiger charge is 2.22. The first kappa shape index (κ1) is 16.0. The smallest absolute Gasteiger partial charge is 0.118 e. The molecule has 108 valence electrons. The van der Waals surface area contributed by atoms with Crippen molar-refractivity contribution in [3.05, 3.63) is 29.8 Å². The summed E-state index contributed by atoms with van der Waals surface area (Å²) in [6.45, 7) is 10.5. The number of nitrogens with two attached hydrogens (primary N) is 1. The zero-order valence-electron chi connectivity index (χ0n) is 12.9. The topological polar surface area (TPSA) is 47.3 Å². The number of hydrogen-bond acceptors (Lipinski definition) is 3. The summed E-state index contributed by atoms with van der Waals surface area (Å²) in [5.41, 5.74) is 7.18. The zero-order chi connectivity index (χ0) is 14.5. The summed E-state index contributed by atoms with van der Waals surface area (Å²) in [6.07, 6.45) is 0. The number of methoxy groups -OCH3 is 1. The maximum absolute atomic E-state index is 5.80. The Kier molecular flexibility index (Phi) is 5.83. The van der Waals surface area contributed by atoms with E-state index in [0.29, 0.717) is 18.5 Å². The van der Waals surface area contributed by atoms with E-state index in [1.54, 1.807) is 7.11 Å². The molecule has 3 N–H and O–H groups in total. The first-order valence-corrected chi connectivity index (χ1v) is 6.98. The van der Waals surface area contributed by atoms with Crippen molar-refractivity contribution in [2.75, 3.05) is 20.2 Å². The predicted molar refractivity (Wildman–Crippen MR) is 81.7 cm³/mol. The molecule has 3 heteroatoms. The molecule has 0 spiro atoms. The lowest BCUT2D eigenvalue weighted by Crippen LogP contribution is -2.45. The molecule has 19 heavy (non-hydrogen) atoms. The van der Waals surface area contributed by atoms with Crippen LogP contribution in [-0.4, -0.2) is 26.2 Å². The minimum atomic E-state index is 0.0780. The van der Waals surface area contributed by atoms with E-state index >= 15 is 0 Å². The van der Waals surface area contributed by atoms with Crippen molar-refractivity contribution < 1.29 is 4.74 Å². The van der Waals surface area contributed by atoms with Crippen molar-refractivity contribution >= 4 is 0 Å². The van der Waals surface area contributed by atoms with E-state index in [1.165, 1.54) is 5.56 Å².